The Morgan fingerprint density at radius 3 is 2.61 bits per heavy atom. The van der Waals surface area contributed by atoms with Gasteiger partial charge in [0.15, 0.2) is 5.17 Å². The van der Waals surface area contributed by atoms with Crippen molar-refractivity contribution < 1.29 is 18.9 Å². The molecule has 0 saturated carbocycles. The Labute approximate surface area is 194 Å². The van der Waals surface area contributed by atoms with Crippen LogP contribution in [0.25, 0.3) is 17.4 Å². The monoisotopic (exact) mass is 463 g/mol. The number of aryl methyl sites for hydroxylation is 1. The van der Waals surface area contributed by atoms with Gasteiger partial charge in [-0.15, -0.1) is 0 Å². The van der Waals surface area contributed by atoms with Crippen molar-refractivity contribution in [3.05, 3.63) is 80.9 Å². The van der Waals surface area contributed by atoms with E-state index in [0.29, 0.717) is 45.0 Å². The van der Waals surface area contributed by atoms with Crippen molar-refractivity contribution in [2.24, 2.45) is 4.99 Å². The number of nitro groups is 1. The molecule has 0 bridgehead atoms. The van der Waals surface area contributed by atoms with Crippen molar-refractivity contribution in [2.75, 3.05) is 13.7 Å². The predicted octanol–water partition coefficient (Wildman–Crippen LogP) is 5.80. The lowest BCUT2D eigenvalue weighted by molar-refractivity contribution is -0.385. The summed E-state index contributed by atoms with van der Waals surface area (Å²) in [5.74, 6) is 1.54. The summed E-state index contributed by atoms with van der Waals surface area (Å²) in [7, 11) is 1.60. The highest BCUT2D eigenvalue weighted by Crippen LogP contribution is 2.35. The van der Waals surface area contributed by atoms with Crippen LogP contribution >= 0.6 is 11.8 Å². The molecule has 1 fully saturated rings. The van der Waals surface area contributed by atoms with Crippen LogP contribution in [-0.2, 0) is 4.79 Å². The van der Waals surface area contributed by atoms with Crippen molar-refractivity contribution in [1.29, 1.82) is 0 Å². The predicted molar refractivity (Wildman–Crippen MR) is 129 cm³/mol. The number of ether oxygens (including phenoxy) is 1. The van der Waals surface area contributed by atoms with Gasteiger partial charge in [-0.05, 0) is 62.0 Å². The summed E-state index contributed by atoms with van der Waals surface area (Å²) in [6, 6.07) is 15.7. The highest BCUT2D eigenvalue weighted by Gasteiger charge is 2.32. The number of nitrogens with zero attached hydrogens (tertiary/aromatic N) is 3. The van der Waals surface area contributed by atoms with E-state index in [-0.39, 0.29) is 11.6 Å². The van der Waals surface area contributed by atoms with E-state index in [1.165, 1.54) is 17.8 Å². The first kappa shape index (κ1) is 22.3. The minimum atomic E-state index is -0.415. The van der Waals surface area contributed by atoms with Gasteiger partial charge in [-0.2, -0.15) is 0 Å². The van der Waals surface area contributed by atoms with Crippen LogP contribution in [0, 0.1) is 17.0 Å². The number of benzene rings is 2. The number of amides is 1. The molecule has 4 rings (SSSR count). The number of thioether (sulfide) groups is 1. The number of likely N-dealkylation sites (N-methyl/N-ethyl adjacent to an activating group) is 1. The van der Waals surface area contributed by atoms with Crippen molar-refractivity contribution in [1.82, 2.24) is 4.90 Å². The molecule has 1 aliphatic rings. The summed E-state index contributed by atoms with van der Waals surface area (Å²) in [4.78, 5) is 30.4. The van der Waals surface area contributed by atoms with Crippen LogP contribution in [0.5, 0.6) is 5.75 Å². The zero-order valence-corrected chi connectivity index (χ0v) is 19.1. The molecule has 1 aromatic heterocycles. The van der Waals surface area contributed by atoms with Crippen molar-refractivity contribution in [3.8, 4) is 17.1 Å². The number of furan rings is 1. The molecular weight excluding hydrogens is 442 g/mol. The number of hydrogen-bond acceptors (Lipinski definition) is 7. The number of aliphatic imine (C=N–C) groups is 1. The molecule has 168 valence electrons. The van der Waals surface area contributed by atoms with Crippen LogP contribution < -0.4 is 4.74 Å². The second kappa shape index (κ2) is 9.33. The van der Waals surface area contributed by atoms with Crippen LogP contribution in [0.15, 0.2) is 68.9 Å². The molecule has 2 aromatic carbocycles. The normalized spacial score (nSPS) is 16.1. The summed E-state index contributed by atoms with van der Waals surface area (Å²) < 4.78 is 11.0. The third-order valence-electron chi connectivity index (χ3n) is 5.09. The molecular formula is C24H21N3O5S. The highest BCUT2D eigenvalue weighted by atomic mass is 32.2. The smallest absolute Gasteiger partial charge is 0.273 e. The molecule has 0 N–H and O–H groups in total. The van der Waals surface area contributed by atoms with Gasteiger partial charge in [-0.3, -0.25) is 19.8 Å². The lowest BCUT2D eigenvalue weighted by atomic mass is 10.1. The van der Waals surface area contributed by atoms with Gasteiger partial charge in [-0.1, -0.05) is 12.1 Å². The van der Waals surface area contributed by atoms with Gasteiger partial charge in [-0.25, -0.2) is 4.99 Å². The van der Waals surface area contributed by atoms with Crippen LogP contribution in [0.1, 0.15) is 18.2 Å². The van der Waals surface area contributed by atoms with Gasteiger partial charge < -0.3 is 9.15 Å². The van der Waals surface area contributed by atoms with E-state index >= 15 is 0 Å². The fraction of sp³-hybridized carbons (Fsp3) is 0.167. The van der Waals surface area contributed by atoms with E-state index in [1.54, 1.807) is 49.3 Å². The number of nitro benzene ring substituents is 1. The van der Waals surface area contributed by atoms with E-state index in [2.05, 4.69) is 4.99 Å². The Hall–Kier alpha value is -3.85. The number of carbonyl (C=O) groups excluding carboxylic acids is 1. The van der Waals surface area contributed by atoms with Crippen LogP contribution in [0.4, 0.5) is 11.4 Å². The SMILES string of the molecule is CCN1C(=O)/C(=C\c2ccc(-c3ccc(C)c([N+](=O)[O-])c3)o2)SC1=Nc1ccc(OC)cc1. The van der Waals surface area contributed by atoms with E-state index in [0.717, 1.165) is 5.75 Å². The lowest BCUT2D eigenvalue weighted by Gasteiger charge is -2.12. The van der Waals surface area contributed by atoms with Gasteiger partial charge in [0.25, 0.3) is 11.6 Å². The summed E-state index contributed by atoms with van der Waals surface area (Å²) in [6.45, 7) is 4.06. The highest BCUT2D eigenvalue weighted by molar-refractivity contribution is 8.18. The molecule has 0 spiro atoms. The van der Waals surface area contributed by atoms with Crippen LogP contribution in [0.3, 0.4) is 0 Å². The van der Waals surface area contributed by atoms with Gasteiger partial charge in [0, 0.05) is 29.8 Å². The Balaban J connectivity index is 1.60. The molecule has 2 heterocycles. The van der Waals surface area contributed by atoms with Gasteiger partial charge >= 0.3 is 0 Å². The van der Waals surface area contributed by atoms with E-state index in [9.17, 15) is 14.9 Å². The minimum Gasteiger partial charge on any atom is -0.497 e. The third kappa shape index (κ3) is 4.68. The van der Waals surface area contributed by atoms with Crippen molar-refractivity contribution in [2.45, 2.75) is 13.8 Å². The van der Waals surface area contributed by atoms with Crippen LogP contribution in [0.2, 0.25) is 0 Å². The number of carbonyl (C=O) groups is 1. The van der Waals surface area contributed by atoms with E-state index in [4.69, 9.17) is 9.15 Å². The fourth-order valence-corrected chi connectivity index (χ4v) is 4.35. The third-order valence-corrected chi connectivity index (χ3v) is 6.10. The molecule has 0 aliphatic carbocycles. The molecule has 1 saturated heterocycles. The zero-order chi connectivity index (χ0) is 23.5. The van der Waals surface area contributed by atoms with E-state index in [1.807, 2.05) is 31.2 Å². The molecule has 33 heavy (non-hydrogen) atoms. The molecule has 8 nitrogen and oxygen atoms in total. The Bertz CT molecular complexity index is 1280. The summed E-state index contributed by atoms with van der Waals surface area (Å²) in [5.41, 5.74) is 1.92. The average Bonchev–Trinajstić information content (AvgIpc) is 3.39. The first-order valence-electron chi connectivity index (χ1n) is 10.2. The standard InChI is InChI=1S/C24H21N3O5S/c1-4-26-23(28)22(33-24(26)25-17-7-9-18(31-3)10-8-17)14-19-11-12-21(32-19)16-6-5-15(2)20(13-16)27(29)30/h5-14H,4H2,1-3H3/b22-14+,25-24?. The quantitative estimate of drug-likeness (QED) is 0.260. The number of methoxy groups -OCH3 is 1. The molecule has 1 amide bonds. The topological polar surface area (TPSA) is 98.2 Å². The van der Waals surface area contributed by atoms with Crippen molar-refractivity contribution in [3.63, 3.8) is 0 Å². The number of amidine groups is 1. The second-order valence-electron chi connectivity index (χ2n) is 7.21. The minimum absolute atomic E-state index is 0.0308. The second-order valence-corrected chi connectivity index (χ2v) is 8.22. The largest absolute Gasteiger partial charge is 0.497 e. The maximum absolute atomic E-state index is 12.9. The first-order chi connectivity index (χ1) is 15.9. The zero-order valence-electron chi connectivity index (χ0n) is 18.3. The Kier molecular flexibility index (Phi) is 6.32. The van der Waals surface area contributed by atoms with Gasteiger partial charge in [0.05, 0.1) is 22.6 Å². The molecule has 0 radical (unpaired) electrons. The van der Waals surface area contributed by atoms with Crippen molar-refractivity contribution >= 4 is 40.3 Å². The summed E-state index contributed by atoms with van der Waals surface area (Å²) >= 11 is 1.27. The maximum atomic E-state index is 12.9. The maximum Gasteiger partial charge on any atom is 0.273 e. The number of hydrogen-bond donors (Lipinski definition) is 0. The number of rotatable bonds is 6. The summed E-state index contributed by atoms with van der Waals surface area (Å²) in [6.07, 6.45) is 1.66. The van der Waals surface area contributed by atoms with E-state index < -0.39 is 4.92 Å². The van der Waals surface area contributed by atoms with Gasteiger partial charge in [0.1, 0.15) is 17.3 Å². The first-order valence-corrected chi connectivity index (χ1v) is 11.0. The molecule has 0 atom stereocenters. The summed E-state index contributed by atoms with van der Waals surface area (Å²) in [5, 5.41) is 11.8. The van der Waals surface area contributed by atoms with Gasteiger partial charge in [0.2, 0.25) is 0 Å². The molecule has 1 aliphatic heterocycles. The lowest BCUT2D eigenvalue weighted by Crippen LogP contribution is -2.28. The average molecular weight is 464 g/mol. The molecule has 9 heteroatoms. The van der Waals surface area contributed by atoms with Crippen LogP contribution in [-0.4, -0.2) is 34.6 Å². The fourth-order valence-electron chi connectivity index (χ4n) is 3.31. The molecule has 0 unspecified atom stereocenters. The Morgan fingerprint density at radius 1 is 1.18 bits per heavy atom. The Morgan fingerprint density at radius 2 is 1.94 bits per heavy atom. The molecule has 3 aromatic rings.